The van der Waals surface area contributed by atoms with Gasteiger partial charge in [-0.05, 0) is 49.1 Å². The van der Waals surface area contributed by atoms with E-state index in [2.05, 4.69) is 28.4 Å². The molecule has 2 aromatic rings. The molecule has 0 amide bonds. The van der Waals surface area contributed by atoms with Crippen molar-refractivity contribution in [3.05, 3.63) is 64.7 Å². The first-order valence-electron chi connectivity index (χ1n) is 9.57. The lowest BCUT2D eigenvalue weighted by atomic mass is 9.95. The second kappa shape index (κ2) is 7.92. The quantitative estimate of drug-likeness (QED) is 0.847. The van der Waals surface area contributed by atoms with Crippen LogP contribution in [0.5, 0.6) is 0 Å². The molecule has 2 aliphatic rings. The third-order valence-corrected chi connectivity index (χ3v) is 8.45. The third kappa shape index (κ3) is 3.79. The number of benzene rings is 2. The van der Waals surface area contributed by atoms with Gasteiger partial charge in [-0.1, -0.05) is 48.0 Å². The van der Waals surface area contributed by atoms with Crippen LogP contribution in [0.2, 0.25) is 5.02 Å². The molecule has 0 bridgehead atoms. The maximum absolute atomic E-state index is 13.7. The van der Waals surface area contributed by atoms with Crippen molar-refractivity contribution in [1.82, 2.24) is 10.2 Å². The highest BCUT2D eigenvalue weighted by Gasteiger charge is 2.41. The van der Waals surface area contributed by atoms with Gasteiger partial charge in [0, 0.05) is 25.6 Å². The topological polar surface area (TPSA) is 49.4 Å². The lowest BCUT2D eigenvalue weighted by Crippen LogP contribution is -2.52. The molecular weight excluding hydrogens is 380 g/mol. The monoisotopic (exact) mass is 404 g/mol. The average molecular weight is 405 g/mol. The first-order valence-corrected chi connectivity index (χ1v) is 11.5. The lowest BCUT2D eigenvalue weighted by molar-refractivity contribution is 0.162. The van der Waals surface area contributed by atoms with E-state index in [4.69, 9.17) is 11.6 Å². The SMILES string of the molecule is O=S(=O)(c1ccccc1Cl)C(C1CCCNC1)N1CCc2ccccc2C1. The molecule has 144 valence electrons. The minimum atomic E-state index is -3.58. The van der Waals surface area contributed by atoms with Crippen molar-refractivity contribution in [3.63, 3.8) is 0 Å². The Morgan fingerprint density at radius 3 is 2.56 bits per heavy atom. The number of fused-ring (bicyclic) bond motifs is 1. The maximum atomic E-state index is 13.7. The highest BCUT2D eigenvalue weighted by molar-refractivity contribution is 7.92. The fourth-order valence-corrected chi connectivity index (χ4v) is 7.05. The van der Waals surface area contributed by atoms with Crippen molar-refractivity contribution in [3.8, 4) is 0 Å². The Kier molecular flexibility index (Phi) is 5.55. The zero-order chi connectivity index (χ0) is 18.9. The molecular formula is C21H25ClN2O2S. The first-order chi connectivity index (χ1) is 13.1. The van der Waals surface area contributed by atoms with Crippen LogP contribution >= 0.6 is 11.6 Å². The Morgan fingerprint density at radius 2 is 1.81 bits per heavy atom. The summed E-state index contributed by atoms with van der Waals surface area (Å²) >= 11 is 6.30. The third-order valence-electron chi connectivity index (χ3n) is 5.72. The molecule has 2 heterocycles. The van der Waals surface area contributed by atoms with Crippen molar-refractivity contribution in [2.45, 2.75) is 36.1 Å². The van der Waals surface area contributed by atoms with E-state index in [1.54, 1.807) is 24.3 Å². The number of rotatable bonds is 4. The highest BCUT2D eigenvalue weighted by atomic mass is 35.5. The van der Waals surface area contributed by atoms with Gasteiger partial charge in [0.05, 0.1) is 9.92 Å². The number of halogens is 1. The molecule has 27 heavy (non-hydrogen) atoms. The van der Waals surface area contributed by atoms with Gasteiger partial charge in [-0.3, -0.25) is 4.90 Å². The lowest BCUT2D eigenvalue weighted by Gasteiger charge is -2.40. The number of piperidine rings is 1. The van der Waals surface area contributed by atoms with E-state index in [-0.39, 0.29) is 10.8 Å². The Bertz CT molecular complexity index is 910. The van der Waals surface area contributed by atoms with Gasteiger partial charge in [-0.2, -0.15) is 0 Å². The van der Waals surface area contributed by atoms with Crippen molar-refractivity contribution >= 4 is 21.4 Å². The van der Waals surface area contributed by atoms with Gasteiger partial charge < -0.3 is 5.32 Å². The van der Waals surface area contributed by atoms with Crippen LogP contribution in [-0.4, -0.2) is 38.3 Å². The van der Waals surface area contributed by atoms with Crippen LogP contribution in [0.1, 0.15) is 24.0 Å². The van der Waals surface area contributed by atoms with E-state index in [1.165, 1.54) is 11.1 Å². The fraction of sp³-hybridized carbons (Fsp3) is 0.429. The Hall–Kier alpha value is -1.40. The molecule has 1 fully saturated rings. The zero-order valence-electron chi connectivity index (χ0n) is 15.3. The van der Waals surface area contributed by atoms with E-state index < -0.39 is 15.2 Å². The van der Waals surface area contributed by atoms with Crippen molar-refractivity contribution in [2.24, 2.45) is 5.92 Å². The molecule has 2 unspecified atom stereocenters. The molecule has 0 saturated carbocycles. The zero-order valence-corrected chi connectivity index (χ0v) is 16.8. The predicted octanol–water partition coefficient (Wildman–Crippen LogP) is 3.50. The Balaban J connectivity index is 1.73. The van der Waals surface area contributed by atoms with E-state index in [0.29, 0.717) is 11.6 Å². The van der Waals surface area contributed by atoms with Crippen molar-refractivity contribution < 1.29 is 8.42 Å². The summed E-state index contributed by atoms with van der Waals surface area (Å²) in [6, 6.07) is 15.2. The molecule has 0 aliphatic carbocycles. The standard InChI is InChI=1S/C21H25ClN2O2S/c22-19-9-3-4-10-20(19)27(25,26)21(17-8-5-12-23-14-17)24-13-11-16-6-1-2-7-18(16)15-24/h1-4,6-7,9-10,17,21,23H,5,8,11-15H2. The predicted molar refractivity (Wildman–Crippen MR) is 109 cm³/mol. The van der Waals surface area contributed by atoms with Crippen LogP contribution in [0.15, 0.2) is 53.4 Å². The minimum absolute atomic E-state index is 0.0604. The van der Waals surface area contributed by atoms with Gasteiger partial charge in [-0.25, -0.2) is 8.42 Å². The molecule has 2 atom stereocenters. The largest absolute Gasteiger partial charge is 0.316 e. The molecule has 6 heteroatoms. The summed E-state index contributed by atoms with van der Waals surface area (Å²) in [6.07, 6.45) is 2.80. The van der Waals surface area contributed by atoms with E-state index in [9.17, 15) is 8.42 Å². The smallest absolute Gasteiger partial charge is 0.196 e. The van der Waals surface area contributed by atoms with Crippen molar-refractivity contribution in [2.75, 3.05) is 19.6 Å². The summed E-state index contributed by atoms with van der Waals surface area (Å²) in [7, 11) is -3.58. The summed E-state index contributed by atoms with van der Waals surface area (Å²) in [5, 5.41) is 3.14. The molecule has 4 nitrogen and oxygen atoms in total. The molecule has 0 aromatic heterocycles. The average Bonchev–Trinajstić information content (AvgIpc) is 2.69. The second-order valence-corrected chi connectivity index (χ2v) is 9.88. The van der Waals surface area contributed by atoms with Crippen LogP contribution in [0, 0.1) is 5.92 Å². The van der Waals surface area contributed by atoms with E-state index in [1.807, 2.05) is 6.07 Å². The summed E-state index contributed by atoms with van der Waals surface area (Å²) in [4.78, 5) is 2.40. The van der Waals surface area contributed by atoms with Gasteiger partial charge in [-0.15, -0.1) is 0 Å². The van der Waals surface area contributed by atoms with E-state index in [0.717, 1.165) is 38.9 Å². The van der Waals surface area contributed by atoms with Crippen LogP contribution in [0.3, 0.4) is 0 Å². The molecule has 2 aromatic carbocycles. The molecule has 1 saturated heterocycles. The minimum Gasteiger partial charge on any atom is -0.316 e. The van der Waals surface area contributed by atoms with Crippen molar-refractivity contribution in [1.29, 1.82) is 0 Å². The van der Waals surface area contributed by atoms with Gasteiger partial charge in [0.1, 0.15) is 5.37 Å². The Labute approximate surface area is 166 Å². The number of hydrogen-bond donors (Lipinski definition) is 1. The molecule has 0 spiro atoms. The maximum Gasteiger partial charge on any atom is 0.196 e. The van der Waals surface area contributed by atoms with Crippen LogP contribution in [0.4, 0.5) is 0 Å². The summed E-state index contributed by atoms with van der Waals surface area (Å²) in [5.74, 6) is 0.0604. The van der Waals surface area contributed by atoms with Gasteiger partial charge in [0.2, 0.25) is 0 Å². The number of hydrogen-bond acceptors (Lipinski definition) is 4. The highest BCUT2D eigenvalue weighted by Crippen LogP contribution is 2.34. The number of nitrogens with zero attached hydrogens (tertiary/aromatic N) is 1. The summed E-state index contributed by atoms with van der Waals surface area (Å²) in [6.45, 7) is 3.10. The first kappa shape index (κ1) is 18.9. The van der Waals surface area contributed by atoms with E-state index >= 15 is 0 Å². The second-order valence-electron chi connectivity index (χ2n) is 7.46. The molecule has 0 radical (unpaired) electrons. The summed E-state index contributed by atoms with van der Waals surface area (Å²) in [5.41, 5.74) is 2.55. The fourth-order valence-electron chi connectivity index (χ4n) is 4.41. The molecule has 1 N–H and O–H groups in total. The summed E-state index contributed by atoms with van der Waals surface area (Å²) < 4.78 is 27.4. The number of sulfone groups is 1. The molecule has 4 rings (SSSR count). The number of nitrogens with one attached hydrogen (secondary N) is 1. The van der Waals surface area contributed by atoms with Crippen LogP contribution in [0.25, 0.3) is 0 Å². The molecule has 2 aliphatic heterocycles. The van der Waals surface area contributed by atoms with Gasteiger partial charge in [0.25, 0.3) is 0 Å². The van der Waals surface area contributed by atoms with Crippen LogP contribution < -0.4 is 5.32 Å². The van der Waals surface area contributed by atoms with Gasteiger partial charge >= 0.3 is 0 Å². The van der Waals surface area contributed by atoms with Crippen LogP contribution in [-0.2, 0) is 22.8 Å². The Morgan fingerprint density at radius 1 is 1.07 bits per heavy atom. The van der Waals surface area contributed by atoms with Gasteiger partial charge in [0.15, 0.2) is 9.84 Å². The normalized spacial score (nSPS) is 22.2.